The summed E-state index contributed by atoms with van der Waals surface area (Å²) in [6.45, 7) is 2.18. The first-order chi connectivity index (χ1) is 13.9. The molecule has 0 aliphatic carbocycles. The van der Waals surface area contributed by atoms with Crippen LogP contribution in [-0.2, 0) is 9.53 Å². The van der Waals surface area contributed by atoms with Crippen molar-refractivity contribution in [3.8, 4) is 11.5 Å². The number of aromatic hydroxyl groups is 1. The molecule has 2 N–H and O–H groups in total. The van der Waals surface area contributed by atoms with Crippen LogP contribution in [0.2, 0.25) is 0 Å². The van der Waals surface area contributed by atoms with Gasteiger partial charge in [-0.1, -0.05) is 23.9 Å². The van der Waals surface area contributed by atoms with Crippen LogP contribution in [0.1, 0.15) is 12.5 Å². The number of phenols is 1. The third-order valence-corrected chi connectivity index (χ3v) is 4.97. The fraction of sp³-hybridized carbons (Fsp3) is 0.143. The molecule has 0 amide bonds. The van der Waals surface area contributed by atoms with Crippen molar-refractivity contribution in [1.29, 1.82) is 0 Å². The lowest BCUT2D eigenvalue weighted by Gasteiger charge is -2.08. The van der Waals surface area contributed by atoms with Gasteiger partial charge in [0, 0.05) is 5.56 Å². The molecule has 0 spiro atoms. The number of hydrogen-bond acceptors (Lipinski definition) is 7. The molecule has 150 valence electrons. The number of aliphatic imine (C=N–C) groups is 1. The van der Waals surface area contributed by atoms with Gasteiger partial charge >= 0.3 is 5.97 Å². The molecule has 3 rings (SSSR count). The summed E-state index contributed by atoms with van der Waals surface area (Å²) in [4.78, 5) is 16.8. The molecule has 1 heterocycles. The molecule has 0 radical (unpaired) electrons. The van der Waals surface area contributed by atoms with Crippen molar-refractivity contribution < 1.29 is 28.9 Å². The molecule has 0 atom stereocenters. The first-order valence-electron chi connectivity index (χ1n) is 8.65. The topological polar surface area (TPSA) is 88.4 Å². The fourth-order valence-electron chi connectivity index (χ4n) is 2.59. The Kier molecular flexibility index (Phi) is 6.23. The number of esters is 1. The van der Waals surface area contributed by atoms with Crippen LogP contribution >= 0.6 is 11.8 Å². The Hall–Kier alpha value is -3.26. The van der Waals surface area contributed by atoms with Gasteiger partial charge in [0.15, 0.2) is 11.5 Å². The summed E-state index contributed by atoms with van der Waals surface area (Å²) in [6.07, 6.45) is 1.52. The number of hydrogen-bond donors (Lipinski definition) is 2. The Labute approximate surface area is 171 Å². The van der Waals surface area contributed by atoms with Crippen LogP contribution in [0.4, 0.5) is 10.1 Å². The van der Waals surface area contributed by atoms with Crippen molar-refractivity contribution in [3.05, 3.63) is 70.1 Å². The number of halogens is 1. The van der Waals surface area contributed by atoms with E-state index in [1.807, 2.05) is 0 Å². The number of carbonyl (C=O) groups excluding carboxylic acids is 1. The van der Waals surface area contributed by atoms with Gasteiger partial charge in [-0.3, -0.25) is 0 Å². The van der Waals surface area contributed by atoms with Crippen molar-refractivity contribution >= 4 is 34.5 Å². The number of rotatable bonds is 5. The monoisotopic (exact) mass is 415 g/mol. The number of carbonyl (C=O) groups is 1. The van der Waals surface area contributed by atoms with E-state index in [4.69, 9.17) is 9.47 Å². The molecule has 0 saturated carbocycles. The number of nitrogens with zero attached hydrogens (tertiary/aromatic N) is 1. The van der Waals surface area contributed by atoms with E-state index in [1.54, 1.807) is 25.1 Å². The van der Waals surface area contributed by atoms with Gasteiger partial charge in [0.1, 0.15) is 22.2 Å². The zero-order valence-electron chi connectivity index (χ0n) is 15.7. The van der Waals surface area contributed by atoms with Crippen LogP contribution in [0.3, 0.4) is 0 Å². The zero-order chi connectivity index (χ0) is 21.0. The lowest BCUT2D eigenvalue weighted by Crippen LogP contribution is -2.10. The predicted octanol–water partition coefficient (Wildman–Crippen LogP) is 4.73. The second-order valence-electron chi connectivity index (χ2n) is 5.85. The van der Waals surface area contributed by atoms with Crippen molar-refractivity contribution in [2.45, 2.75) is 6.92 Å². The number of ether oxygens (including phenoxy) is 2. The van der Waals surface area contributed by atoms with E-state index in [0.717, 1.165) is 11.8 Å². The van der Waals surface area contributed by atoms with E-state index in [2.05, 4.69) is 4.99 Å². The quantitative estimate of drug-likeness (QED) is 0.686. The highest BCUT2D eigenvalue weighted by atomic mass is 32.2. The summed E-state index contributed by atoms with van der Waals surface area (Å²) in [5.41, 5.74) is 0.705. The summed E-state index contributed by atoms with van der Waals surface area (Å²) in [6, 6.07) is 10.4. The van der Waals surface area contributed by atoms with Crippen LogP contribution in [0, 0.1) is 5.82 Å². The molecular weight excluding hydrogens is 397 g/mol. The third kappa shape index (κ3) is 4.43. The minimum absolute atomic E-state index is 0.0845. The highest BCUT2D eigenvalue weighted by Crippen LogP contribution is 2.42. The molecule has 0 fully saturated rings. The average Bonchev–Trinajstić information content (AvgIpc) is 3.01. The van der Waals surface area contributed by atoms with Gasteiger partial charge in [-0.25, -0.2) is 14.2 Å². The zero-order valence-corrected chi connectivity index (χ0v) is 16.5. The van der Waals surface area contributed by atoms with Gasteiger partial charge in [-0.2, -0.15) is 0 Å². The summed E-state index contributed by atoms with van der Waals surface area (Å²) in [5.74, 6) is -1.26. The van der Waals surface area contributed by atoms with E-state index in [1.165, 1.54) is 37.5 Å². The van der Waals surface area contributed by atoms with Crippen LogP contribution in [0.15, 0.2) is 63.7 Å². The molecule has 0 saturated heterocycles. The van der Waals surface area contributed by atoms with Crippen molar-refractivity contribution in [1.82, 2.24) is 0 Å². The van der Waals surface area contributed by atoms with E-state index < -0.39 is 11.8 Å². The number of aliphatic hydroxyl groups is 1. The molecule has 8 heteroatoms. The number of para-hydroxylation sites is 1. The highest BCUT2D eigenvalue weighted by Gasteiger charge is 2.33. The minimum Gasteiger partial charge on any atom is -0.506 e. The van der Waals surface area contributed by atoms with Crippen molar-refractivity contribution in [2.75, 3.05) is 13.7 Å². The standard InChI is InChI=1S/C21H18FNO5S/c1-3-28-15-6-4-5-12(18(15)24)11-16-19(25)17(21(26)27-2)20(29-16)23-14-9-7-13(22)8-10-14/h4-11,24-25H,3H2,1-2H3/b16-11+,23-20?. The summed E-state index contributed by atoms with van der Waals surface area (Å²) in [7, 11) is 1.20. The molecule has 0 unspecified atom stereocenters. The summed E-state index contributed by atoms with van der Waals surface area (Å²) >= 11 is 1.03. The third-order valence-electron chi connectivity index (χ3n) is 3.95. The minimum atomic E-state index is -0.758. The van der Waals surface area contributed by atoms with E-state index >= 15 is 0 Å². The fourth-order valence-corrected chi connectivity index (χ4v) is 3.62. The molecule has 1 aliphatic heterocycles. The summed E-state index contributed by atoms with van der Waals surface area (Å²) in [5, 5.41) is 21.2. The van der Waals surface area contributed by atoms with E-state index in [0.29, 0.717) is 28.5 Å². The maximum absolute atomic E-state index is 13.1. The first-order valence-corrected chi connectivity index (χ1v) is 9.47. The van der Waals surface area contributed by atoms with Crippen LogP contribution in [-0.4, -0.2) is 34.9 Å². The maximum Gasteiger partial charge on any atom is 0.344 e. The Morgan fingerprint density at radius 3 is 2.59 bits per heavy atom. The average molecular weight is 415 g/mol. The highest BCUT2D eigenvalue weighted by molar-refractivity contribution is 8.18. The van der Waals surface area contributed by atoms with Crippen molar-refractivity contribution in [2.24, 2.45) is 4.99 Å². The van der Waals surface area contributed by atoms with Crippen LogP contribution < -0.4 is 4.74 Å². The number of phenolic OH excluding ortho intramolecular Hbond substituents is 1. The van der Waals surface area contributed by atoms with E-state index in [-0.39, 0.29) is 22.1 Å². The Balaban J connectivity index is 2.04. The lowest BCUT2D eigenvalue weighted by molar-refractivity contribution is -0.135. The van der Waals surface area contributed by atoms with Gasteiger partial charge in [0.25, 0.3) is 0 Å². The normalized spacial score (nSPS) is 16.5. The van der Waals surface area contributed by atoms with Gasteiger partial charge in [0.2, 0.25) is 0 Å². The largest absolute Gasteiger partial charge is 0.506 e. The molecule has 6 nitrogen and oxygen atoms in total. The molecule has 2 aromatic rings. The maximum atomic E-state index is 13.1. The molecule has 0 bridgehead atoms. The summed E-state index contributed by atoms with van der Waals surface area (Å²) < 4.78 is 23.3. The number of methoxy groups -OCH3 is 1. The van der Waals surface area contributed by atoms with E-state index in [9.17, 15) is 19.4 Å². The van der Waals surface area contributed by atoms with Crippen LogP contribution in [0.5, 0.6) is 11.5 Å². The van der Waals surface area contributed by atoms with Gasteiger partial charge in [-0.15, -0.1) is 0 Å². The molecule has 1 aliphatic rings. The van der Waals surface area contributed by atoms with Gasteiger partial charge in [0.05, 0.1) is 24.3 Å². The van der Waals surface area contributed by atoms with Crippen LogP contribution in [0.25, 0.3) is 6.08 Å². The van der Waals surface area contributed by atoms with Gasteiger partial charge < -0.3 is 19.7 Å². The SMILES string of the molecule is CCOc1cccc(/C=C2/SC(=Nc3ccc(F)cc3)C(C(=O)OC)=C2O)c1O. The number of benzene rings is 2. The molecule has 29 heavy (non-hydrogen) atoms. The van der Waals surface area contributed by atoms with Gasteiger partial charge in [-0.05, 0) is 43.3 Å². The lowest BCUT2D eigenvalue weighted by atomic mass is 10.1. The first kappa shape index (κ1) is 20.5. The Morgan fingerprint density at radius 1 is 1.21 bits per heavy atom. The smallest absolute Gasteiger partial charge is 0.344 e. The number of aliphatic hydroxyl groups excluding tert-OH is 1. The van der Waals surface area contributed by atoms with Crippen molar-refractivity contribution in [3.63, 3.8) is 0 Å². The second kappa shape index (κ2) is 8.83. The predicted molar refractivity (Wildman–Crippen MR) is 110 cm³/mol. The number of thioether (sulfide) groups is 1. The molecular formula is C21H18FNO5S. The Bertz CT molecular complexity index is 1030. The Morgan fingerprint density at radius 2 is 1.93 bits per heavy atom. The second-order valence-corrected chi connectivity index (χ2v) is 6.88. The molecule has 2 aromatic carbocycles. The molecule has 0 aromatic heterocycles.